The van der Waals surface area contributed by atoms with Crippen LogP contribution in [-0.2, 0) is 39.1 Å². The normalized spacial score (nSPS) is 16.7. The van der Waals surface area contributed by atoms with Gasteiger partial charge in [0.1, 0.15) is 5.60 Å². The Morgan fingerprint density at radius 3 is 2.71 bits per heavy atom. The molecule has 0 saturated heterocycles. The van der Waals surface area contributed by atoms with Crippen molar-refractivity contribution in [3.63, 3.8) is 0 Å². The average Bonchev–Trinajstić information content (AvgIpc) is 2.23. The molecule has 1 radical (unpaired) electrons. The van der Waals surface area contributed by atoms with Crippen molar-refractivity contribution < 1.29 is 42.6 Å². The van der Waals surface area contributed by atoms with Gasteiger partial charge < -0.3 is 15.6 Å². The fraction of sp³-hybridized carbons (Fsp3) is 0.400. The SMILES string of the molecule is CC1(C)Cc2cc(N)cc(O)c2O1.[Y]. The molecule has 0 spiro atoms. The molecular weight excluding hydrogens is 255 g/mol. The van der Waals surface area contributed by atoms with Crippen LogP contribution >= 0.6 is 0 Å². The van der Waals surface area contributed by atoms with Crippen molar-refractivity contribution in [1.82, 2.24) is 0 Å². The maximum atomic E-state index is 9.54. The van der Waals surface area contributed by atoms with Gasteiger partial charge in [0, 0.05) is 56.4 Å². The minimum absolute atomic E-state index is 0. The van der Waals surface area contributed by atoms with Crippen LogP contribution in [0.1, 0.15) is 19.4 Å². The number of nitrogen functional groups attached to an aromatic ring is 1. The molecular formula is C10H13NO2Y. The number of nitrogens with two attached hydrogens (primary N) is 1. The summed E-state index contributed by atoms with van der Waals surface area (Å²) in [4.78, 5) is 0. The molecule has 0 unspecified atom stereocenters. The van der Waals surface area contributed by atoms with Crippen LogP contribution in [-0.4, -0.2) is 10.7 Å². The second-order valence-corrected chi connectivity index (χ2v) is 4.07. The Bertz CT molecular complexity index is 363. The zero-order valence-electron chi connectivity index (χ0n) is 8.37. The van der Waals surface area contributed by atoms with Crippen LogP contribution < -0.4 is 10.5 Å². The number of benzene rings is 1. The number of rotatable bonds is 0. The molecule has 0 bridgehead atoms. The van der Waals surface area contributed by atoms with E-state index in [1.165, 1.54) is 6.07 Å². The van der Waals surface area contributed by atoms with Gasteiger partial charge in [-0.1, -0.05) is 0 Å². The molecule has 2 rings (SSSR count). The summed E-state index contributed by atoms with van der Waals surface area (Å²) in [7, 11) is 0. The second kappa shape index (κ2) is 3.71. The van der Waals surface area contributed by atoms with E-state index < -0.39 is 0 Å². The maximum Gasteiger partial charge on any atom is 0.165 e. The quantitative estimate of drug-likeness (QED) is 0.704. The van der Waals surface area contributed by atoms with E-state index in [1.54, 1.807) is 0 Å². The third-order valence-electron chi connectivity index (χ3n) is 2.16. The molecule has 1 aromatic carbocycles. The maximum absolute atomic E-state index is 9.54. The fourth-order valence-electron chi connectivity index (χ4n) is 1.72. The van der Waals surface area contributed by atoms with E-state index in [4.69, 9.17) is 10.5 Å². The average molecular weight is 268 g/mol. The first-order chi connectivity index (χ1) is 5.98. The first kappa shape index (κ1) is 11.8. The van der Waals surface area contributed by atoms with Gasteiger partial charge in [-0.3, -0.25) is 0 Å². The zero-order valence-corrected chi connectivity index (χ0v) is 11.2. The summed E-state index contributed by atoms with van der Waals surface area (Å²) in [6, 6.07) is 3.37. The summed E-state index contributed by atoms with van der Waals surface area (Å²) in [5.74, 6) is 0.722. The van der Waals surface area contributed by atoms with Gasteiger partial charge in [-0.2, -0.15) is 0 Å². The van der Waals surface area contributed by atoms with Gasteiger partial charge >= 0.3 is 0 Å². The Morgan fingerprint density at radius 2 is 2.07 bits per heavy atom. The van der Waals surface area contributed by atoms with Gasteiger partial charge in [-0.15, -0.1) is 0 Å². The Morgan fingerprint density at radius 1 is 1.43 bits per heavy atom. The number of anilines is 1. The molecule has 1 heterocycles. The van der Waals surface area contributed by atoms with E-state index >= 15 is 0 Å². The predicted molar refractivity (Wildman–Crippen MR) is 50.9 cm³/mol. The standard InChI is InChI=1S/C10H13NO2.Y/c1-10(2)5-6-3-7(11)4-8(12)9(6)13-10;/h3-4,12H,5,11H2,1-2H3;. The zero-order chi connectivity index (χ0) is 9.64. The Hall–Kier alpha value is -0.276. The molecule has 73 valence electrons. The number of fused-ring (bicyclic) bond motifs is 1. The summed E-state index contributed by atoms with van der Waals surface area (Å²) in [6.07, 6.45) is 0.793. The van der Waals surface area contributed by atoms with Gasteiger partial charge in [0.15, 0.2) is 11.5 Å². The van der Waals surface area contributed by atoms with Crippen LogP contribution in [0.3, 0.4) is 0 Å². The largest absolute Gasteiger partial charge is 0.504 e. The molecule has 1 aliphatic rings. The summed E-state index contributed by atoms with van der Waals surface area (Å²) in [5.41, 5.74) is 6.95. The first-order valence-corrected chi connectivity index (χ1v) is 4.28. The molecule has 0 amide bonds. The number of phenolic OH excluding ortho intramolecular Hbond substituents is 1. The van der Waals surface area contributed by atoms with Crippen LogP contribution in [0.2, 0.25) is 0 Å². The van der Waals surface area contributed by atoms with E-state index in [9.17, 15) is 5.11 Å². The summed E-state index contributed by atoms with van der Waals surface area (Å²) < 4.78 is 5.57. The van der Waals surface area contributed by atoms with Crippen molar-refractivity contribution in [2.75, 3.05) is 5.73 Å². The summed E-state index contributed by atoms with van der Waals surface area (Å²) in [5, 5.41) is 9.54. The van der Waals surface area contributed by atoms with Crippen LogP contribution in [0.25, 0.3) is 0 Å². The van der Waals surface area contributed by atoms with E-state index in [-0.39, 0.29) is 44.1 Å². The van der Waals surface area contributed by atoms with Crippen LogP contribution in [0.4, 0.5) is 5.69 Å². The number of ether oxygens (including phenoxy) is 1. The summed E-state index contributed by atoms with van der Waals surface area (Å²) in [6.45, 7) is 3.98. The van der Waals surface area contributed by atoms with Gasteiger partial charge in [0.05, 0.1) is 0 Å². The van der Waals surface area contributed by atoms with Crippen molar-refractivity contribution in [3.8, 4) is 11.5 Å². The van der Waals surface area contributed by atoms with Crippen molar-refractivity contribution in [3.05, 3.63) is 17.7 Å². The van der Waals surface area contributed by atoms with Crippen molar-refractivity contribution in [1.29, 1.82) is 0 Å². The Kier molecular flexibility index (Phi) is 3.12. The third-order valence-corrected chi connectivity index (χ3v) is 2.16. The predicted octanol–water partition coefficient (Wildman–Crippen LogP) is 1.69. The van der Waals surface area contributed by atoms with Crippen molar-refractivity contribution >= 4 is 5.69 Å². The topological polar surface area (TPSA) is 55.5 Å². The molecule has 0 aromatic heterocycles. The minimum atomic E-state index is -0.229. The number of hydrogen-bond donors (Lipinski definition) is 2. The Labute approximate surface area is 109 Å². The van der Waals surface area contributed by atoms with E-state index in [1.807, 2.05) is 19.9 Å². The smallest absolute Gasteiger partial charge is 0.165 e. The van der Waals surface area contributed by atoms with E-state index in [0.717, 1.165) is 12.0 Å². The van der Waals surface area contributed by atoms with Crippen molar-refractivity contribution in [2.45, 2.75) is 25.9 Å². The molecule has 0 atom stereocenters. The molecule has 1 aromatic rings. The van der Waals surface area contributed by atoms with Gasteiger partial charge in [0.2, 0.25) is 0 Å². The molecule has 14 heavy (non-hydrogen) atoms. The number of hydrogen-bond acceptors (Lipinski definition) is 3. The minimum Gasteiger partial charge on any atom is -0.504 e. The Balaban J connectivity index is 0.000000980. The molecule has 0 saturated carbocycles. The number of phenols is 1. The van der Waals surface area contributed by atoms with Crippen LogP contribution in [0, 0.1) is 0 Å². The first-order valence-electron chi connectivity index (χ1n) is 4.28. The van der Waals surface area contributed by atoms with Crippen molar-refractivity contribution in [2.24, 2.45) is 0 Å². The summed E-state index contributed by atoms with van der Waals surface area (Å²) >= 11 is 0. The van der Waals surface area contributed by atoms with Gasteiger partial charge in [0.25, 0.3) is 0 Å². The van der Waals surface area contributed by atoms with Gasteiger partial charge in [-0.05, 0) is 19.9 Å². The molecule has 4 heteroatoms. The molecule has 0 aliphatic carbocycles. The number of aromatic hydroxyl groups is 1. The molecule has 3 N–H and O–H groups in total. The van der Waals surface area contributed by atoms with E-state index in [2.05, 4.69) is 0 Å². The molecule has 3 nitrogen and oxygen atoms in total. The third kappa shape index (κ3) is 2.04. The van der Waals surface area contributed by atoms with Crippen LogP contribution in [0.15, 0.2) is 12.1 Å². The fourth-order valence-corrected chi connectivity index (χ4v) is 1.72. The van der Waals surface area contributed by atoms with Crippen LogP contribution in [0.5, 0.6) is 11.5 Å². The van der Waals surface area contributed by atoms with Gasteiger partial charge in [-0.25, -0.2) is 0 Å². The van der Waals surface area contributed by atoms with E-state index in [0.29, 0.717) is 11.4 Å². The molecule has 1 aliphatic heterocycles. The molecule has 0 fully saturated rings. The second-order valence-electron chi connectivity index (χ2n) is 4.07. The monoisotopic (exact) mass is 268 g/mol.